The fourth-order valence-electron chi connectivity index (χ4n) is 3.63. The minimum absolute atomic E-state index is 0.0506. The molecule has 2 aromatic heterocycles. The molecule has 4 heterocycles. The predicted molar refractivity (Wildman–Crippen MR) is 117 cm³/mol. The van der Waals surface area contributed by atoms with E-state index in [0.717, 1.165) is 16.2 Å². The highest BCUT2D eigenvalue weighted by atomic mass is 35.5. The van der Waals surface area contributed by atoms with Gasteiger partial charge in [-0.2, -0.15) is 0 Å². The van der Waals surface area contributed by atoms with E-state index in [-0.39, 0.29) is 20.9 Å². The first-order valence-electron chi connectivity index (χ1n) is 9.23. The minimum Gasteiger partial charge on any atom is -0.477 e. The van der Waals surface area contributed by atoms with Crippen LogP contribution in [0.2, 0.25) is 4.34 Å². The Kier molecular flexibility index (Phi) is 6.13. The van der Waals surface area contributed by atoms with Crippen molar-refractivity contribution < 1.29 is 19.5 Å². The van der Waals surface area contributed by atoms with Crippen LogP contribution < -0.4 is 11.1 Å². The number of carbonyl (C=O) groups is 3. The van der Waals surface area contributed by atoms with Gasteiger partial charge >= 0.3 is 5.97 Å². The maximum Gasteiger partial charge on any atom is 0.353 e. The Morgan fingerprint density at radius 2 is 2.25 bits per heavy atom. The zero-order chi connectivity index (χ0) is 23.0. The fraction of sp³-hybridized carbons (Fsp3) is 0.278. The number of aromatic nitrogens is 2. The molecule has 2 aliphatic heterocycles. The third-order valence-corrected chi connectivity index (χ3v) is 7.24. The van der Waals surface area contributed by atoms with E-state index in [1.54, 1.807) is 24.5 Å². The minimum atomic E-state index is -1.58. The molecule has 2 amide bonds. The summed E-state index contributed by atoms with van der Waals surface area (Å²) in [5.74, 6) is -2.68. The lowest BCUT2D eigenvalue weighted by Crippen LogP contribution is -2.71. The number of nitrogens with two attached hydrogens (primary N) is 1. The van der Waals surface area contributed by atoms with Gasteiger partial charge < -0.3 is 16.2 Å². The fourth-order valence-corrected chi connectivity index (χ4v) is 5.65. The monoisotopic (exact) mass is 494 g/mol. The topological polar surface area (TPSA) is 168 Å². The van der Waals surface area contributed by atoms with Gasteiger partial charge in [-0.15, -0.1) is 4.91 Å². The number of thiazole rings is 1. The van der Waals surface area contributed by atoms with Crippen molar-refractivity contribution in [2.24, 2.45) is 5.18 Å². The first-order chi connectivity index (χ1) is 15.3. The molecule has 4 rings (SSSR count). The number of halogens is 1. The quantitative estimate of drug-likeness (QED) is 0.385. The number of nitrogens with one attached hydrogen (secondary N) is 1. The zero-order valence-corrected chi connectivity index (χ0v) is 18.5. The predicted octanol–water partition coefficient (Wildman–Crippen LogP) is 2.16. The van der Waals surface area contributed by atoms with E-state index >= 15 is 0 Å². The van der Waals surface area contributed by atoms with Gasteiger partial charge in [0.15, 0.2) is 5.13 Å². The summed E-state index contributed by atoms with van der Waals surface area (Å²) < 4.78 is 0.0506. The van der Waals surface area contributed by atoms with Crippen LogP contribution in [0.3, 0.4) is 0 Å². The molecule has 1 unspecified atom stereocenters. The number of β-lactam (4-membered cyclic amide) rings is 1. The summed E-state index contributed by atoms with van der Waals surface area (Å²) >= 11 is 8.09. The number of hydrogen-bond acceptors (Lipinski definition) is 10. The Morgan fingerprint density at radius 3 is 2.84 bits per heavy atom. The molecule has 1 saturated heterocycles. The lowest BCUT2D eigenvalue weighted by molar-refractivity contribution is -0.156. The van der Waals surface area contributed by atoms with Crippen LogP contribution in [-0.2, 0) is 14.4 Å². The second-order valence-corrected chi connectivity index (χ2v) is 9.69. The molecule has 166 valence electrons. The first-order valence-corrected chi connectivity index (χ1v) is 11.2. The lowest BCUT2D eigenvalue weighted by Gasteiger charge is -2.50. The molecule has 2 aliphatic rings. The van der Waals surface area contributed by atoms with Gasteiger partial charge in [-0.3, -0.25) is 19.5 Å². The largest absolute Gasteiger partial charge is 0.477 e. The number of fused-ring (bicyclic) bond motifs is 1. The van der Waals surface area contributed by atoms with Crippen molar-refractivity contribution in [1.29, 1.82) is 0 Å². The van der Waals surface area contributed by atoms with Crippen LogP contribution in [0.5, 0.6) is 0 Å². The Hall–Kier alpha value is -3.03. The number of aliphatic carboxylic acids is 1. The maximum atomic E-state index is 12.8. The molecule has 0 radical (unpaired) electrons. The van der Waals surface area contributed by atoms with Crippen LogP contribution in [0.25, 0.3) is 0 Å². The van der Waals surface area contributed by atoms with Gasteiger partial charge in [0, 0.05) is 22.2 Å². The van der Waals surface area contributed by atoms with Crippen molar-refractivity contribution >= 4 is 57.6 Å². The smallest absolute Gasteiger partial charge is 0.353 e. The second kappa shape index (κ2) is 8.84. The number of amides is 2. The van der Waals surface area contributed by atoms with Gasteiger partial charge in [0.2, 0.25) is 6.04 Å². The molecule has 2 aromatic rings. The Balaban J connectivity index is 1.52. The van der Waals surface area contributed by atoms with Crippen LogP contribution in [0.4, 0.5) is 5.13 Å². The molecule has 0 spiro atoms. The number of carboxylic acid groups (broad SMARTS) is 1. The van der Waals surface area contributed by atoms with Crippen molar-refractivity contribution in [1.82, 2.24) is 20.2 Å². The summed E-state index contributed by atoms with van der Waals surface area (Å²) in [6, 6.07) is 0.405. The standard InChI is InChI=1S/C18H15ClN6O5S2/c19-14-11(23-18(20)32-14)12(24-30)15(26)22-10-8-3-4-9(31-7-2-1-5-21-6-7)13(17(28)29)25(8)16(10)27/h1-2,5-6,8,10,12H,3-4H2,(H2,20,23)(H,22,26)(H,28,29)/t8-,10+,12?/m1/s1. The molecular formula is C18H15ClN6O5S2. The Bertz CT molecular complexity index is 1140. The van der Waals surface area contributed by atoms with Crippen LogP contribution in [0.1, 0.15) is 24.6 Å². The van der Waals surface area contributed by atoms with E-state index in [1.807, 2.05) is 0 Å². The number of carboxylic acids is 1. The number of pyridine rings is 1. The summed E-state index contributed by atoms with van der Waals surface area (Å²) in [5.41, 5.74) is 5.34. The normalized spacial score (nSPS) is 20.9. The molecule has 1 fully saturated rings. The van der Waals surface area contributed by atoms with Gasteiger partial charge in [0.25, 0.3) is 11.8 Å². The SMILES string of the molecule is Nc1nc(C(N=O)C(=O)N[C@@H]2C(=O)N3C(C(=O)O)=C(Sc4cccnc4)CC[C@H]23)c(Cl)s1. The number of nitroso groups, excluding NO2 is 1. The third-order valence-electron chi connectivity index (χ3n) is 5.01. The highest BCUT2D eigenvalue weighted by Gasteiger charge is 2.54. The first kappa shape index (κ1) is 22.2. The van der Waals surface area contributed by atoms with Crippen molar-refractivity contribution in [3.8, 4) is 0 Å². The average Bonchev–Trinajstić information content (AvgIpc) is 3.10. The number of thioether (sulfide) groups is 1. The van der Waals surface area contributed by atoms with Crippen LogP contribution >= 0.6 is 34.7 Å². The molecule has 11 nitrogen and oxygen atoms in total. The average molecular weight is 495 g/mol. The number of carbonyl (C=O) groups excluding carboxylic acids is 2. The van der Waals surface area contributed by atoms with Crippen LogP contribution in [0, 0.1) is 4.91 Å². The third kappa shape index (κ3) is 3.94. The van der Waals surface area contributed by atoms with E-state index in [4.69, 9.17) is 17.3 Å². The van der Waals surface area contributed by atoms with E-state index in [1.165, 1.54) is 16.7 Å². The van der Waals surface area contributed by atoms with Crippen molar-refractivity contribution in [2.45, 2.75) is 35.9 Å². The number of nitrogens with zero attached hydrogens (tertiary/aromatic N) is 4. The Labute approximate surface area is 194 Å². The Morgan fingerprint density at radius 1 is 1.47 bits per heavy atom. The van der Waals surface area contributed by atoms with Crippen molar-refractivity contribution in [3.05, 3.63) is 50.1 Å². The highest BCUT2D eigenvalue weighted by Crippen LogP contribution is 2.43. The van der Waals surface area contributed by atoms with Gasteiger partial charge in [-0.05, 0) is 30.2 Å². The molecule has 0 aromatic carbocycles. The number of rotatable bonds is 7. The summed E-state index contributed by atoms with van der Waals surface area (Å²) in [5, 5.41) is 15.1. The zero-order valence-electron chi connectivity index (χ0n) is 16.1. The van der Waals surface area contributed by atoms with Crippen LogP contribution in [-0.4, -0.2) is 49.8 Å². The van der Waals surface area contributed by atoms with Gasteiger partial charge in [-0.1, -0.05) is 34.7 Å². The highest BCUT2D eigenvalue weighted by molar-refractivity contribution is 8.03. The molecule has 0 bridgehead atoms. The summed E-state index contributed by atoms with van der Waals surface area (Å²) in [6.07, 6.45) is 4.03. The summed E-state index contributed by atoms with van der Waals surface area (Å²) in [4.78, 5) is 59.0. The van der Waals surface area contributed by atoms with Gasteiger partial charge in [0.05, 0.1) is 6.04 Å². The maximum absolute atomic E-state index is 12.8. The number of hydrogen-bond donors (Lipinski definition) is 3. The molecule has 4 N–H and O–H groups in total. The van der Waals surface area contributed by atoms with Crippen molar-refractivity contribution in [3.63, 3.8) is 0 Å². The summed E-state index contributed by atoms with van der Waals surface area (Å²) in [7, 11) is 0. The van der Waals surface area contributed by atoms with E-state index in [9.17, 15) is 24.4 Å². The van der Waals surface area contributed by atoms with Crippen molar-refractivity contribution in [2.75, 3.05) is 5.73 Å². The number of nitrogen functional groups attached to an aromatic ring is 1. The number of anilines is 1. The molecule has 14 heteroatoms. The lowest BCUT2D eigenvalue weighted by atomic mass is 9.86. The van der Waals surface area contributed by atoms with E-state index in [0.29, 0.717) is 17.7 Å². The van der Waals surface area contributed by atoms with Crippen LogP contribution in [0.15, 0.2) is 45.2 Å². The van der Waals surface area contributed by atoms with E-state index in [2.05, 4.69) is 20.5 Å². The molecule has 3 atom stereocenters. The molecule has 0 saturated carbocycles. The summed E-state index contributed by atoms with van der Waals surface area (Å²) in [6.45, 7) is 0. The van der Waals surface area contributed by atoms with Gasteiger partial charge in [0.1, 0.15) is 21.8 Å². The van der Waals surface area contributed by atoms with E-state index < -0.39 is 35.9 Å². The number of allylic oxidation sites excluding steroid dienone is 1. The van der Waals surface area contributed by atoms with Gasteiger partial charge in [-0.25, -0.2) is 9.78 Å². The molecule has 32 heavy (non-hydrogen) atoms. The second-order valence-electron chi connectivity index (χ2n) is 6.89. The molecule has 0 aliphatic carbocycles. The molecular weight excluding hydrogens is 480 g/mol.